The minimum atomic E-state index is -0.174. The lowest BCUT2D eigenvalue weighted by molar-refractivity contribution is 0.199. The molecule has 0 spiro atoms. The highest BCUT2D eigenvalue weighted by atomic mass is 16.5. The van der Waals surface area contributed by atoms with Crippen molar-refractivity contribution in [3.8, 4) is 11.4 Å². The smallest absolute Gasteiger partial charge is 0.249 e. The van der Waals surface area contributed by atoms with Crippen LogP contribution in [0.2, 0.25) is 0 Å². The Kier molecular flexibility index (Phi) is 4.44. The third kappa shape index (κ3) is 3.10. The molecule has 4 rings (SSSR count). The third-order valence-corrected chi connectivity index (χ3v) is 4.48. The molecule has 0 saturated carbocycles. The normalized spacial score (nSPS) is 12.7. The van der Waals surface area contributed by atoms with Crippen LogP contribution in [0.4, 0.5) is 0 Å². The van der Waals surface area contributed by atoms with Crippen molar-refractivity contribution in [1.29, 1.82) is 0 Å². The number of fused-ring (bicyclic) bond motifs is 1. The Hall–Kier alpha value is -3.07. The molecule has 1 atom stereocenters. The summed E-state index contributed by atoms with van der Waals surface area (Å²) in [5.41, 5.74) is 3.60. The maximum absolute atomic E-state index is 5.44. The number of imidazole rings is 1. The van der Waals surface area contributed by atoms with Crippen LogP contribution in [0.15, 0.2) is 29.2 Å². The van der Waals surface area contributed by atoms with E-state index in [9.17, 15) is 0 Å². The van der Waals surface area contributed by atoms with Crippen molar-refractivity contribution in [3.05, 3.63) is 47.8 Å². The molecule has 27 heavy (non-hydrogen) atoms. The van der Waals surface area contributed by atoms with Crippen molar-refractivity contribution >= 4 is 5.65 Å². The number of hydrogen-bond donors (Lipinski definition) is 0. The number of rotatable bonds is 6. The highest BCUT2D eigenvalue weighted by Gasteiger charge is 2.22. The molecule has 4 aromatic heterocycles. The Morgan fingerprint density at radius 3 is 2.93 bits per heavy atom. The minimum absolute atomic E-state index is 0.174. The summed E-state index contributed by atoms with van der Waals surface area (Å²) >= 11 is 0. The summed E-state index contributed by atoms with van der Waals surface area (Å²) in [5, 5.41) is 8.48. The Bertz CT molecular complexity index is 1080. The Morgan fingerprint density at radius 2 is 2.11 bits per heavy atom. The van der Waals surface area contributed by atoms with Gasteiger partial charge in [0.2, 0.25) is 5.89 Å². The van der Waals surface area contributed by atoms with Gasteiger partial charge in [-0.3, -0.25) is 0 Å². The molecule has 1 unspecified atom stereocenters. The van der Waals surface area contributed by atoms with E-state index < -0.39 is 0 Å². The summed E-state index contributed by atoms with van der Waals surface area (Å²) in [6, 6.07) is 1.82. The topological polar surface area (TPSA) is 96.2 Å². The van der Waals surface area contributed by atoms with Crippen molar-refractivity contribution in [1.82, 2.24) is 34.3 Å². The average molecular weight is 367 g/mol. The molecular weight excluding hydrogens is 346 g/mol. The Labute approximate surface area is 156 Å². The summed E-state index contributed by atoms with van der Waals surface area (Å²) < 4.78 is 14.3. The van der Waals surface area contributed by atoms with Gasteiger partial charge in [-0.25, -0.2) is 14.5 Å². The molecule has 0 N–H and O–H groups in total. The van der Waals surface area contributed by atoms with E-state index in [0.29, 0.717) is 24.7 Å². The van der Waals surface area contributed by atoms with E-state index in [2.05, 4.69) is 25.2 Å². The van der Waals surface area contributed by atoms with Gasteiger partial charge in [-0.1, -0.05) is 5.16 Å². The molecule has 4 aromatic rings. The van der Waals surface area contributed by atoms with E-state index in [0.717, 1.165) is 28.4 Å². The maximum atomic E-state index is 5.44. The fourth-order valence-corrected chi connectivity index (χ4v) is 3.11. The van der Waals surface area contributed by atoms with Crippen LogP contribution < -0.4 is 0 Å². The zero-order valence-corrected chi connectivity index (χ0v) is 15.7. The highest BCUT2D eigenvalue weighted by molar-refractivity contribution is 5.73. The summed E-state index contributed by atoms with van der Waals surface area (Å²) in [6.45, 7) is 6.53. The first-order chi connectivity index (χ1) is 13.1. The van der Waals surface area contributed by atoms with E-state index in [1.165, 1.54) is 0 Å². The largest absolute Gasteiger partial charge is 0.384 e. The lowest BCUT2D eigenvalue weighted by Crippen LogP contribution is -2.08. The first kappa shape index (κ1) is 17.3. The molecule has 140 valence electrons. The number of nitrogens with zero attached hydrogens (tertiary/aromatic N) is 7. The first-order valence-electron chi connectivity index (χ1n) is 8.75. The molecule has 0 fully saturated rings. The molecule has 0 aliphatic heterocycles. The van der Waals surface area contributed by atoms with Crippen LogP contribution >= 0.6 is 0 Å². The van der Waals surface area contributed by atoms with Crippen molar-refractivity contribution in [3.63, 3.8) is 0 Å². The van der Waals surface area contributed by atoms with Gasteiger partial charge in [0.05, 0.1) is 18.4 Å². The van der Waals surface area contributed by atoms with E-state index in [1.807, 2.05) is 42.1 Å². The van der Waals surface area contributed by atoms with Gasteiger partial charge in [-0.2, -0.15) is 10.1 Å². The zero-order valence-electron chi connectivity index (χ0n) is 15.7. The molecular formula is C18H21N7O2. The van der Waals surface area contributed by atoms with Crippen LogP contribution in [0.5, 0.6) is 0 Å². The van der Waals surface area contributed by atoms with Gasteiger partial charge < -0.3 is 13.8 Å². The zero-order chi connectivity index (χ0) is 19.0. The molecule has 0 amide bonds. The monoisotopic (exact) mass is 367 g/mol. The fraction of sp³-hybridized carbons (Fsp3) is 0.389. The van der Waals surface area contributed by atoms with Gasteiger partial charge in [0, 0.05) is 37.3 Å². The quantitative estimate of drug-likeness (QED) is 0.516. The predicted octanol–water partition coefficient (Wildman–Crippen LogP) is 2.39. The van der Waals surface area contributed by atoms with Crippen LogP contribution in [0, 0.1) is 13.8 Å². The van der Waals surface area contributed by atoms with Gasteiger partial charge in [0.25, 0.3) is 0 Å². The third-order valence-electron chi connectivity index (χ3n) is 4.48. The van der Waals surface area contributed by atoms with Crippen LogP contribution in [0.25, 0.3) is 17.0 Å². The Morgan fingerprint density at radius 1 is 1.26 bits per heavy atom. The van der Waals surface area contributed by atoms with Gasteiger partial charge in [0.1, 0.15) is 11.9 Å². The van der Waals surface area contributed by atoms with Crippen molar-refractivity contribution in [2.75, 3.05) is 13.7 Å². The van der Waals surface area contributed by atoms with E-state index in [4.69, 9.17) is 9.26 Å². The molecule has 0 saturated heterocycles. The molecule has 9 nitrogen and oxygen atoms in total. The molecule has 0 aliphatic carbocycles. The summed E-state index contributed by atoms with van der Waals surface area (Å²) in [5.74, 6) is 1.91. The van der Waals surface area contributed by atoms with E-state index in [-0.39, 0.29) is 6.04 Å². The van der Waals surface area contributed by atoms with Crippen LogP contribution in [0.3, 0.4) is 0 Å². The maximum Gasteiger partial charge on any atom is 0.249 e. The second kappa shape index (κ2) is 6.92. The van der Waals surface area contributed by atoms with Crippen LogP contribution in [-0.4, -0.2) is 48.0 Å². The Balaban J connectivity index is 1.72. The number of ether oxygens (including phenoxy) is 1. The fourth-order valence-electron chi connectivity index (χ4n) is 3.11. The molecule has 0 aliphatic rings. The molecule has 4 heterocycles. The average Bonchev–Trinajstić information content (AvgIpc) is 3.37. The van der Waals surface area contributed by atoms with Crippen molar-refractivity contribution in [2.45, 2.75) is 33.2 Å². The van der Waals surface area contributed by atoms with Crippen LogP contribution in [-0.2, 0) is 11.2 Å². The lowest BCUT2D eigenvalue weighted by atomic mass is 10.2. The highest BCUT2D eigenvalue weighted by Crippen LogP contribution is 2.27. The predicted molar refractivity (Wildman–Crippen MR) is 97.4 cm³/mol. The number of aromatic nitrogens is 7. The minimum Gasteiger partial charge on any atom is -0.384 e. The number of hydrogen-bond acceptors (Lipinski definition) is 7. The van der Waals surface area contributed by atoms with Crippen LogP contribution in [0.1, 0.15) is 36.1 Å². The van der Waals surface area contributed by atoms with Gasteiger partial charge in [-0.15, -0.1) is 0 Å². The SMILES string of the molecule is COCCc1noc(C(C)n2ccnc2-c2cnn3c(C)cc(C)nc23)n1. The van der Waals surface area contributed by atoms with Gasteiger partial charge in [-0.05, 0) is 26.8 Å². The van der Waals surface area contributed by atoms with Crippen molar-refractivity contribution < 1.29 is 9.26 Å². The molecule has 0 radical (unpaired) electrons. The summed E-state index contributed by atoms with van der Waals surface area (Å²) in [4.78, 5) is 13.6. The number of methoxy groups -OCH3 is 1. The first-order valence-corrected chi connectivity index (χ1v) is 8.75. The summed E-state index contributed by atoms with van der Waals surface area (Å²) in [7, 11) is 1.65. The second-order valence-corrected chi connectivity index (χ2v) is 6.46. The standard InChI is InChI=1S/C18H21N7O2/c1-11-9-12(2)25-17(21-11)14(10-20-25)16-19-6-7-24(16)13(3)18-22-15(23-27-18)5-8-26-4/h6-7,9-10,13H,5,8H2,1-4H3. The number of aryl methyl sites for hydroxylation is 2. The van der Waals surface area contributed by atoms with Gasteiger partial charge in [0.15, 0.2) is 11.5 Å². The lowest BCUT2D eigenvalue weighted by Gasteiger charge is -2.12. The molecule has 0 aromatic carbocycles. The second-order valence-electron chi connectivity index (χ2n) is 6.46. The van der Waals surface area contributed by atoms with Gasteiger partial charge >= 0.3 is 0 Å². The molecule has 0 bridgehead atoms. The summed E-state index contributed by atoms with van der Waals surface area (Å²) in [6.07, 6.45) is 6.05. The van der Waals surface area contributed by atoms with E-state index >= 15 is 0 Å². The van der Waals surface area contributed by atoms with E-state index in [1.54, 1.807) is 19.5 Å². The van der Waals surface area contributed by atoms with Crippen molar-refractivity contribution in [2.24, 2.45) is 0 Å². The molecule has 9 heteroatoms.